The molecule has 0 fully saturated rings. The fraction of sp³-hybridized carbons (Fsp3) is 0.211. The molecule has 2 aromatic rings. The van der Waals surface area contributed by atoms with E-state index in [0.29, 0.717) is 11.3 Å². The minimum absolute atomic E-state index is 0.00113. The van der Waals surface area contributed by atoms with E-state index >= 15 is 0 Å². The van der Waals surface area contributed by atoms with Crippen LogP contribution in [-0.4, -0.2) is 24.1 Å². The van der Waals surface area contributed by atoms with Crippen LogP contribution in [0.25, 0.3) is 0 Å². The second-order valence-electron chi connectivity index (χ2n) is 5.70. The maximum Gasteiger partial charge on any atom is 0.249 e. The summed E-state index contributed by atoms with van der Waals surface area (Å²) in [5, 5.41) is 6.16. The van der Waals surface area contributed by atoms with E-state index in [2.05, 4.69) is 15.8 Å². The summed E-state index contributed by atoms with van der Waals surface area (Å²) in [6.07, 6.45) is 0.960. The van der Waals surface area contributed by atoms with Gasteiger partial charge in [-0.1, -0.05) is 24.3 Å². The van der Waals surface area contributed by atoms with Crippen molar-refractivity contribution >= 4 is 23.7 Å². The van der Waals surface area contributed by atoms with Crippen molar-refractivity contribution in [1.82, 2.24) is 5.43 Å². The van der Waals surface area contributed by atoms with Crippen LogP contribution in [0, 0.1) is 5.82 Å². The molecule has 0 aliphatic heterocycles. The smallest absolute Gasteiger partial charge is 0.249 e. The van der Waals surface area contributed by atoms with Crippen LogP contribution < -0.4 is 15.5 Å². The summed E-state index contributed by atoms with van der Waals surface area (Å²) in [5.74, 6) is -1.18. The lowest BCUT2D eigenvalue weighted by Crippen LogP contribution is -2.25. The first kappa shape index (κ1) is 19.1. The molecule has 0 spiro atoms. The van der Waals surface area contributed by atoms with Gasteiger partial charge in [0.15, 0.2) is 0 Å². The number of carbonyl (C=O) groups excluding carboxylic acids is 2. The number of rotatable bonds is 7. The largest absolute Gasteiger partial charge is 0.490 e. The molecule has 136 valence electrons. The Morgan fingerprint density at radius 3 is 2.54 bits per heavy atom. The zero-order chi connectivity index (χ0) is 18.9. The Bertz CT molecular complexity index is 806. The normalized spacial score (nSPS) is 10.8. The minimum Gasteiger partial charge on any atom is -0.490 e. The first-order chi connectivity index (χ1) is 12.5. The van der Waals surface area contributed by atoms with Crippen LogP contribution in [0.3, 0.4) is 0 Å². The molecule has 7 heteroatoms. The first-order valence-corrected chi connectivity index (χ1v) is 8.07. The Morgan fingerprint density at radius 1 is 1.12 bits per heavy atom. The van der Waals surface area contributed by atoms with Gasteiger partial charge >= 0.3 is 0 Å². The molecule has 0 unspecified atom stereocenters. The number of halogens is 1. The molecule has 0 atom stereocenters. The van der Waals surface area contributed by atoms with Crippen LogP contribution in [0.1, 0.15) is 25.8 Å². The van der Waals surface area contributed by atoms with Crippen LogP contribution in [-0.2, 0) is 9.59 Å². The van der Waals surface area contributed by atoms with Crippen molar-refractivity contribution in [2.24, 2.45) is 5.10 Å². The van der Waals surface area contributed by atoms with Crippen molar-refractivity contribution in [3.63, 3.8) is 0 Å². The molecule has 2 aromatic carbocycles. The molecule has 2 amide bonds. The van der Waals surface area contributed by atoms with Crippen molar-refractivity contribution in [1.29, 1.82) is 0 Å². The number of benzene rings is 2. The SMILES string of the molecule is CC(C)Oc1ccccc1C=NNC(=O)CC(=O)Nc1ccccc1F. The van der Waals surface area contributed by atoms with E-state index in [0.717, 1.165) is 0 Å². The molecule has 2 rings (SSSR count). The summed E-state index contributed by atoms with van der Waals surface area (Å²) in [5.41, 5.74) is 2.98. The fourth-order valence-corrected chi connectivity index (χ4v) is 2.06. The molecule has 0 aliphatic carbocycles. The van der Waals surface area contributed by atoms with E-state index in [-0.39, 0.29) is 11.8 Å². The van der Waals surface area contributed by atoms with Gasteiger partial charge in [-0.3, -0.25) is 9.59 Å². The maximum absolute atomic E-state index is 13.5. The van der Waals surface area contributed by atoms with Gasteiger partial charge in [-0.05, 0) is 38.1 Å². The molecule has 0 radical (unpaired) electrons. The van der Waals surface area contributed by atoms with Gasteiger partial charge in [0.05, 0.1) is 18.0 Å². The lowest BCUT2D eigenvalue weighted by atomic mass is 10.2. The van der Waals surface area contributed by atoms with Gasteiger partial charge in [0.25, 0.3) is 0 Å². The summed E-state index contributed by atoms with van der Waals surface area (Å²) in [6.45, 7) is 3.81. The van der Waals surface area contributed by atoms with E-state index in [1.165, 1.54) is 24.4 Å². The number of amides is 2. The third-order valence-corrected chi connectivity index (χ3v) is 3.14. The van der Waals surface area contributed by atoms with Crippen molar-refractivity contribution in [2.45, 2.75) is 26.4 Å². The number of para-hydroxylation sites is 2. The molecule has 26 heavy (non-hydrogen) atoms. The Hall–Kier alpha value is -3.22. The number of anilines is 1. The standard InChI is InChI=1S/C19H20FN3O3/c1-13(2)26-17-10-6-3-7-14(17)12-21-23-19(25)11-18(24)22-16-9-5-4-8-15(16)20/h3-10,12-13H,11H2,1-2H3,(H,22,24)(H,23,25). The Morgan fingerprint density at radius 2 is 1.81 bits per heavy atom. The van der Waals surface area contributed by atoms with Crippen LogP contribution in [0.2, 0.25) is 0 Å². The van der Waals surface area contributed by atoms with Gasteiger partial charge in [0.1, 0.15) is 18.0 Å². The monoisotopic (exact) mass is 357 g/mol. The molecule has 0 aliphatic rings. The van der Waals surface area contributed by atoms with E-state index in [9.17, 15) is 14.0 Å². The van der Waals surface area contributed by atoms with E-state index in [1.54, 1.807) is 18.2 Å². The van der Waals surface area contributed by atoms with E-state index in [4.69, 9.17) is 4.74 Å². The van der Waals surface area contributed by atoms with Gasteiger partial charge in [0, 0.05) is 5.56 Å². The van der Waals surface area contributed by atoms with Crippen LogP contribution in [0.5, 0.6) is 5.75 Å². The Kier molecular flexibility index (Phi) is 6.84. The molecule has 2 N–H and O–H groups in total. The second-order valence-corrected chi connectivity index (χ2v) is 5.70. The third-order valence-electron chi connectivity index (χ3n) is 3.14. The van der Waals surface area contributed by atoms with Crippen molar-refractivity contribution in [3.8, 4) is 5.75 Å². The third kappa shape index (κ3) is 6.01. The molecule has 0 saturated carbocycles. The quantitative estimate of drug-likeness (QED) is 0.454. The topological polar surface area (TPSA) is 79.8 Å². The average Bonchev–Trinajstić information content (AvgIpc) is 2.58. The lowest BCUT2D eigenvalue weighted by molar-refractivity contribution is -0.126. The molecule has 0 bridgehead atoms. The minimum atomic E-state index is -0.633. The van der Waals surface area contributed by atoms with Gasteiger partial charge in [0.2, 0.25) is 11.8 Å². The Labute approximate surface area is 151 Å². The van der Waals surface area contributed by atoms with E-state index in [1.807, 2.05) is 26.0 Å². The summed E-state index contributed by atoms with van der Waals surface area (Å²) >= 11 is 0. The van der Waals surface area contributed by atoms with E-state index < -0.39 is 24.1 Å². The van der Waals surface area contributed by atoms with Crippen molar-refractivity contribution < 1.29 is 18.7 Å². The zero-order valence-corrected chi connectivity index (χ0v) is 14.5. The summed E-state index contributed by atoms with van der Waals surface area (Å²) in [7, 11) is 0. The highest BCUT2D eigenvalue weighted by Gasteiger charge is 2.11. The Balaban J connectivity index is 1.88. The van der Waals surface area contributed by atoms with Crippen molar-refractivity contribution in [3.05, 3.63) is 59.9 Å². The first-order valence-electron chi connectivity index (χ1n) is 8.07. The number of ether oxygens (including phenoxy) is 1. The predicted octanol–water partition coefficient (Wildman–Crippen LogP) is 3.09. The number of hydrogen-bond donors (Lipinski definition) is 2. The molecule has 6 nitrogen and oxygen atoms in total. The summed E-state index contributed by atoms with van der Waals surface area (Å²) in [6, 6.07) is 13.0. The average molecular weight is 357 g/mol. The zero-order valence-electron chi connectivity index (χ0n) is 14.5. The van der Waals surface area contributed by atoms with Crippen LogP contribution >= 0.6 is 0 Å². The maximum atomic E-state index is 13.5. The highest BCUT2D eigenvalue weighted by atomic mass is 19.1. The van der Waals surface area contributed by atoms with Crippen LogP contribution in [0.15, 0.2) is 53.6 Å². The fourth-order valence-electron chi connectivity index (χ4n) is 2.06. The molecular formula is C19H20FN3O3. The molecular weight excluding hydrogens is 337 g/mol. The summed E-state index contributed by atoms with van der Waals surface area (Å²) in [4.78, 5) is 23.5. The van der Waals surface area contributed by atoms with Gasteiger partial charge in [-0.15, -0.1) is 0 Å². The number of hydrogen-bond acceptors (Lipinski definition) is 4. The lowest BCUT2D eigenvalue weighted by Gasteiger charge is -2.11. The highest BCUT2D eigenvalue weighted by Crippen LogP contribution is 2.17. The molecule has 0 heterocycles. The number of carbonyl (C=O) groups is 2. The summed E-state index contributed by atoms with van der Waals surface area (Å²) < 4.78 is 19.1. The molecule has 0 saturated heterocycles. The number of hydrazone groups is 1. The predicted molar refractivity (Wildman–Crippen MR) is 97.6 cm³/mol. The van der Waals surface area contributed by atoms with Gasteiger partial charge in [-0.2, -0.15) is 5.10 Å². The van der Waals surface area contributed by atoms with Crippen molar-refractivity contribution in [2.75, 3.05) is 5.32 Å². The van der Waals surface area contributed by atoms with Gasteiger partial charge in [-0.25, -0.2) is 9.82 Å². The molecule has 0 aromatic heterocycles. The van der Waals surface area contributed by atoms with Gasteiger partial charge < -0.3 is 10.1 Å². The number of nitrogens with one attached hydrogen (secondary N) is 2. The van der Waals surface area contributed by atoms with Crippen LogP contribution in [0.4, 0.5) is 10.1 Å². The number of nitrogens with zero attached hydrogens (tertiary/aromatic N) is 1. The highest BCUT2D eigenvalue weighted by molar-refractivity contribution is 6.03. The second kappa shape index (κ2) is 9.31.